The third-order valence-corrected chi connectivity index (χ3v) is 2.56. The highest BCUT2D eigenvalue weighted by Crippen LogP contribution is 2.15. The molecule has 0 spiro atoms. The van der Waals surface area contributed by atoms with Gasteiger partial charge in [-0.15, -0.1) is 0 Å². The monoisotopic (exact) mass is 233 g/mol. The molecule has 0 radical (unpaired) electrons. The molecule has 0 bridgehead atoms. The molecule has 4 heteroatoms. The standard InChI is InChI=1S/C12H27NO3/c1-6-13-12(4,9-14)7-10(2)16-11(3)8-15-5/h10-11,13-14H,6-9H2,1-5H3. The van der Waals surface area contributed by atoms with Gasteiger partial charge < -0.3 is 19.9 Å². The van der Waals surface area contributed by atoms with Gasteiger partial charge in [-0.3, -0.25) is 0 Å². The number of nitrogens with one attached hydrogen (secondary N) is 1. The Balaban J connectivity index is 4.04. The second-order valence-corrected chi connectivity index (χ2v) is 4.67. The predicted octanol–water partition coefficient (Wildman–Crippen LogP) is 1.18. The van der Waals surface area contributed by atoms with Gasteiger partial charge in [-0.1, -0.05) is 6.92 Å². The third-order valence-electron chi connectivity index (χ3n) is 2.56. The van der Waals surface area contributed by atoms with E-state index in [9.17, 15) is 5.11 Å². The number of ether oxygens (including phenoxy) is 2. The number of hydrogen-bond acceptors (Lipinski definition) is 4. The lowest BCUT2D eigenvalue weighted by Crippen LogP contribution is -2.48. The van der Waals surface area contributed by atoms with Gasteiger partial charge in [-0.2, -0.15) is 0 Å². The molecule has 0 aliphatic heterocycles. The Labute approximate surface area is 99.3 Å². The summed E-state index contributed by atoms with van der Waals surface area (Å²) in [5.41, 5.74) is -0.263. The van der Waals surface area contributed by atoms with Gasteiger partial charge in [0.1, 0.15) is 0 Å². The van der Waals surface area contributed by atoms with Gasteiger partial charge in [-0.05, 0) is 33.7 Å². The highest BCUT2D eigenvalue weighted by atomic mass is 16.5. The summed E-state index contributed by atoms with van der Waals surface area (Å²) in [7, 11) is 1.67. The van der Waals surface area contributed by atoms with E-state index in [0.29, 0.717) is 6.61 Å². The number of methoxy groups -OCH3 is 1. The van der Waals surface area contributed by atoms with E-state index in [1.54, 1.807) is 7.11 Å². The molecule has 0 heterocycles. The van der Waals surface area contributed by atoms with Crippen LogP contribution in [0.1, 0.15) is 34.1 Å². The van der Waals surface area contributed by atoms with Crippen molar-refractivity contribution in [3.63, 3.8) is 0 Å². The van der Waals surface area contributed by atoms with Gasteiger partial charge in [0, 0.05) is 12.6 Å². The number of hydrogen-bond donors (Lipinski definition) is 2. The maximum absolute atomic E-state index is 9.36. The van der Waals surface area contributed by atoms with Crippen LogP contribution in [0.5, 0.6) is 0 Å². The molecule has 0 fully saturated rings. The average Bonchev–Trinajstić information content (AvgIpc) is 2.17. The zero-order valence-electron chi connectivity index (χ0n) is 11.2. The first-order valence-electron chi connectivity index (χ1n) is 5.97. The molecule has 0 aromatic rings. The molecule has 0 aromatic carbocycles. The van der Waals surface area contributed by atoms with E-state index < -0.39 is 0 Å². The molecule has 0 saturated heterocycles. The van der Waals surface area contributed by atoms with Crippen LogP contribution in [-0.2, 0) is 9.47 Å². The van der Waals surface area contributed by atoms with Crippen molar-refractivity contribution in [2.75, 3.05) is 26.9 Å². The number of aliphatic hydroxyl groups is 1. The average molecular weight is 233 g/mol. The molecule has 0 amide bonds. The van der Waals surface area contributed by atoms with Crippen molar-refractivity contribution in [2.45, 2.75) is 51.9 Å². The van der Waals surface area contributed by atoms with Crippen LogP contribution in [0, 0.1) is 0 Å². The van der Waals surface area contributed by atoms with Crippen LogP contribution >= 0.6 is 0 Å². The van der Waals surface area contributed by atoms with Crippen LogP contribution in [0.2, 0.25) is 0 Å². The second kappa shape index (κ2) is 8.01. The zero-order valence-corrected chi connectivity index (χ0v) is 11.2. The number of rotatable bonds is 9. The van der Waals surface area contributed by atoms with Crippen molar-refractivity contribution >= 4 is 0 Å². The molecule has 0 aliphatic rings. The molecule has 3 atom stereocenters. The second-order valence-electron chi connectivity index (χ2n) is 4.67. The summed E-state index contributed by atoms with van der Waals surface area (Å²) in [6.07, 6.45) is 0.969. The molecule has 0 aromatic heterocycles. The molecular weight excluding hydrogens is 206 g/mol. The Morgan fingerprint density at radius 1 is 1.31 bits per heavy atom. The van der Waals surface area contributed by atoms with Crippen molar-refractivity contribution in [1.29, 1.82) is 0 Å². The minimum absolute atomic E-state index is 0.0876. The van der Waals surface area contributed by atoms with E-state index in [0.717, 1.165) is 13.0 Å². The van der Waals surface area contributed by atoms with E-state index >= 15 is 0 Å². The maximum atomic E-state index is 9.36. The molecule has 98 valence electrons. The van der Waals surface area contributed by atoms with Gasteiger partial charge in [0.15, 0.2) is 0 Å². The lowest BCUT2D eigenvalue weighted by molar-refractivity contribution is -0.0464. The summed E-state index contributed by atoms with van der Waals surface area (Å²) in [6, 6.07) is 0. The Morgan fingerprint density at radius 2 is 1.94 bits per heavy atom. The van der Waals surface area contributed by atoms with Gasteiger partial charge in [0.05, 0.1) is 25.4 Å². The van der Waals surface area contributed by atoms with Crippen molar-refractivity contribution in [3.8, 4) is 0 Å². The van der Waals surface area contributed by atoms with Crippen molar-refractivity contribution in [1.82, 2.24) is 5.32 Å². The highest BCUT2D eigenvalue weighted by Gasteiger charge is 2.25. The zero-order chi connectivity index (χ0) is 12.6. The summed E-state index contributed by atoms with van der Waals surface area (Å²) >= 11 is 0. The third kappa shape index (κ3) is 6.43. The first-order valence-corrected chi connectivity index (χ1v) is 5.97. The lowest BCUT2D eigenvalue weighted by Gasteiger charge is -2.32. The molecule has 0 aliphatic carbocycles. The highest BCUT2D eigenvalue weighted by molar-refractivity contribution is 4.84. The fraction of sp³-hybridized carbons (Fsp3) is 1.00. The minimum atomic E-state index is -0.263. The topological polar surface area (TPSA) is 50.7 Å². The quantitative estimate of drug-likeness (QED) is 0.628. The maximum Gasteiger partial charge on any atom is 0.0783 e. The molecule has 0 saturated carbocycles. The van der Waals surface area contributed by atoms with Gasteiger partial charge in [0.25, 0.3) is 0 Å². The number of aliphatic hydroxyl groups excluding tert-OH is 1. The SMILES string of the molecule is CCNC(C)(CO)CC(C)OC(C)COC. The Bertz CT molecular complexity index is 178. The Hall–Kier alpha value is -0.160. The van der Waals surface area contributed by atoms with Crippen LogP contribution in [0.25, 0.3) is 0 Å². The van der Waals surface area contributed by atoms with Gasteiger partial charge in [-0.25, -0.2) is 0 Å². The van der Waals surface area contributed by atoms with Crippen molar-refractivity contribution < 1.29 is 14.6 Å². The molecule has 16 heavy (non-hydrogen) atoms. The van der Waals surface area contributed by atoms with Crippen LogP contribution in [-0.4, -0.2) is 49.7 Å². The van der Waals surface area contributed by atoms with Crippen LogP contribution in [0.3, 0.4) is 0 Å². The summed E-state index contributed by atoms with van der Waals surface area (Å²) in [5.74, 6) is 0. The first kappa shape index (κ1) is 15.8. The molecular formula is C12H27NO3. The van der Waals surface area contributed by atoms with Crippen LogP contribution < -0.4 is 5.32 Å². The van der Waals surface area contributed by atoms with Crippen molar-refractivity contribution in [2.24, 2.45) is 0 Å². The summed E-state index contributed by atoms with van der Waals surface area (Å²) < 4.78 is 10.8. The van der Waals surface area contributed by atoms with Gasteiger partial charge in [0.2, 0.25) is 0 Å². The molecule has 4 nitrogen and oxygen atoms in total. The fourth-order valence-electron chi connectivity index (χ4n) is 1.97. The summed E-state index contributed by atoms with van der Waals surface area (Å²) in [6.45, 7) is 9.62. The predicted molar refractivity (Wildman–Crippen MR) is 65.7 cm³/mol. The van der Waals surface area contributed by atoms with Crippen molar-refractivity contribution in [3.05, 3.63) is 0 Å². The molecule has 0 rings (SSSR count). The van der Waals surface area contributed by atoms with E-state index in [-0.39, 0.29) is 24.4 Å². The van der Waals surface area contributed by atoms with Crippen LogP contribution in [0.15, 0.2) is 0 Å². The lowest BCUT2D eigenvalue weighted by atomic mass is 9.95. The summed E-state index contributed by atoms with van der Waals surface area (Å²) in [4.78, 5) is 0. The first-order chi connectivity index (χ1) is 7.47. The van der Waals surface area contributed by atoms with E-state index in [4.69, 9.17) is 9.47 Å². The van der Waals surface area contributed by atoms with Crippen LogP contribution in [0.4, 0.5) is 0 Å². The largest absolute Gasteiger partial charge is 0.394 e. The smallest absolute Gasteiger partial charge is 0.0783 e. The number of likely N-dealkylation sites (N-methyl/N-ethyl adjacent to an activating group) is 1. The van der Waals surface area contributed by atoms with E-state index in [1.165, 1.54) is 0 Å². The van der Waals surface area contributed by atoms with E-state index in [1.807, 2.05) is 27.7 Å². The fourth-order valence-corrected chi connectivity index (χ4v) is 1.97. The normalized spacial score (nSPS) is 19.1. The minimum Gasteiger partial charge on any atom is -0.394 e. The molecule has 2 N–H and O–H groups in total. The van der Waals surface area contributed by atoms with Gasteiger partial charge >= 0.3 is 0 Å². The Morgan fingerprint density at radius 3 is 2.38 bits per heavy atom. The summed E-state index contributed by atoms with van der Waals surface area (Å²) in [5, 5.41) is 12.6. The Kier molecular flexibility index (Phi) is 7.93. The van der Waals surface area contributed by atoms with E-state index in [2.05, 4.69) is 5.32 Å². The molecule has 3 unspecified atom stereocenters.